The third kappa shape index (κ3) is 4.61. The molecule has 1 fully saturated rings. The minimum Gasteiger partial charge on any atom is -0.379 e. The molecule has 1 aliphatic heterocycles. The summed E-state index contributed by atoms with van der Waals surface area (Å²) in [6.07, 6.45) is 0.538. The molecule has 1 rings (SSSR count). The Bertz CT molecular complexity index is 498. The standard InChI is InChI=1S/C18H32N2O3Si/c1-12(2)24(13(3)4,14(5)6)10-8-17(21)20-16-11-23-9-7-15(16)18(19)22/h12-16H,7,9,11H2,1-6H3,(H2,19,22)(H,20,21). The molecule has 0 saturated carbocycles. The summed E-state index contributed by atoms with van der Waals surface area (Å²) in [5, 5.41) is 2.82. The molecule has 24 heavy (non-hydrogen) atoms. The van der Waals surface area contributed by atoms with Gasteiger partial charge in [0.25, 0.3) is 5.91 Å². The van der Waals surface area contributed by atoms with E-state index in [4.69, 9.17) is 10.5 Å². The van der Waals surface area contributed by atoms with Crippen molar-refractivity contribution in [1.82, 2.24) is 5.32 Å². The van der Waals surface area contributed by atoms with E-state index >= 15 is 0 Å². The molecular formula is C18H32N2O3Si. The van der Waals surface area contributed by atoms with Gasteiger partial charge in [-0.25, -0.2) is 0 Å². The fraction of sp³-hybridized carbons (Fsp3) is 0.778. The minimum atomic E-state index is -1.94. The Labute approximate surface area is 147 Å². The van der Waals surface area contributed by atoms with Crippen molar-refractivity contribution in [2.45, 2.75) is 70.6 Å². The fourth-order valence-electron chi connectivity index (χ4n) is 4.02. The van der Waals surface area contributed by atoms with Crippen LogP contribution < -0.4 is 11.1 Å². The van der Waals surface area contributed by atoms with Crippen LogP contribution in [0.5, 0.6) is 0 Å². The summed E-state index contributed by atoms with van der Waals surface area (Å²) in [4.78, 5) is 23.8. The number of rotatable bonds is 5. The molecule has 0 spiro atoms. The van der Waals surface area contributed by atoms with E-state index in [-0.39, 0.29) is 17.9 Å². The zero-order chi connectivity index (χ0) is 18.5. The second-order valence-electron chi connectivity index (χ2n) is 7.60. The van der Waals surface area contributed by atoms with Crippen molar-refractivity contribution in [2.75, 3.05) is 13.2 Å². The molecular weight excluding hydrogens is 320 g/mol. The fourth-order valence-corrected chi connectivity index (χ4v) is 9.22. The number of ether oxygens (including phenoxy) is 1. The predicted molar refractivity (Wildman–Crippen MR) is 98.9 cm³/mol. The Morgan fingerprint density at radius 3 is 2.12 bits per heavy atom. The Balaban J connectivity index is 2.93. The van der Waals surface area contributed by atoms with Crippen LogP contribution >= 0.6 is 0 Å². The first-order valence-electron chi connectivity index (χ1n) is 8.83. The number of carbonyl (C=O) groups is 2. The maximum atomic E-state index is 12.3. The maximum Gasteiger partial charge on any atom is 0.295 e. The number of nitrogens with two attached hydrogens (primary N) is 1. The van der Waals surface area contributed by atoms with Crippen molar-refractivity contribution in [1.29, 1.82) is 0 Å². The highest BCUT2D eigenvalue weighted by Crippen LogP contribution is 2.40. The van der Waals surface area contributed by atoms with Crippen LogP contribution in [0.15, 0.2) is 0 Å². The van der Waals surface area contributed by atoms with Crippen LogP contribution in [0.1, 0.15) is 48.0 Å². The van der Waals surface area contributed by atoms with Gasteiger partial charge in [-0.05, 0) is 29.0 Å². The summed E-state index contributed by atoms with van der Waals surface area (Å²) in [6.45, 7) is 14.0. The first-order valence-corrected chi connectivity index (χ1v) is 11.1. The minimum absolute atomic E-state index is 0.308. The van der Waals surface area contributed by atoms with Gasteiger partial charge in [-0.15, -0.1) is 5.54 Å². The molecule has 0 bridgehead atoms. The van der Waals surface area contributed by atoms with Gasteiger partial charge in [-0.1, -0.05) is 41.5 Å². The molecule has 2 unspecified atom stereocenters. The third-order valence-electron chi connectivity index (χ3n) is 5.30. The zero-order valence-electron chi connectivity index (χ0n) is 15.8. The lowest BCUT2D eigenvalue weighted by molar-refractivity contribution is -0.127. The molecule has 0 aliphatic carbocycles. The number of hydrogen-bond donors (Lipinski definition) is 2. The van der Waals surface area contributed by atoms with E-state index in [2.05, 4.69) is 58.3 Å². The number of hydrogen-bond acceptors (Lipinski definition) is 3. The average Bonchev–Trinajstić information content (AvgIpc) is 2.46. The summed E-state index contributed by atoms with van der Waals surface area (Å²) >= 11 is 0. The van der Waals surface area contributed by atoms with Gasteiger partial charge in [0.05, 0.1) is 18.6 Å². The van der Waals surface area contributed by atoms with E-state index in [9.17, 15) is 9.59 Å². The molecule has 1 saturated heterocycles. The van der Waals surface area contributed by atoms with Gasteiger partial charge in [-0.3, -0.25) is 9.59 Å². The van der Waals surface area contributed by atoms with E-state index in [0.717, 1.165) is 0 Å². The normalized spacial score (nSPS) is 21.5. The topological polar surface area (TPSA) is 81.4 Å². The molecule has 0 aromatic rings. The SMILES string of the molecule is CC(C)[Si](C#CC(=O)NC1COCCC1C(N)=O)(C(C)C)C(C)C. The molecule has 2 amide bonds. The lowest BCUT2D eigenvalue weighted by atomic mass is 9.94. The molecule has 0 radical (unpaired) electrons. The lowest BCUT2D eigenvalue weighted by Crippen LogP contribution is -2.51. The van der Waals surface area contributed by atoms with Crippen molar-refractivity contribution < 1.29 is 14.3 Å². The highest BCUT2D eigenvalue weighted by atomic mass is 28.3. The summed E-state index contributed by atoms with van der Waals surface area (Å²) in [6, 6.07) is -0.383. The number of nitrogens with one attached hydrogen (secondary N) is 1. The highest BCUT2D eigenvalue weighted by Gasteiger charge is 2.42. The molecule has 3 N–H and O–H groups in total. The van der Waals surface area contributed by atoms with Gasteiger partial charge in [0.2, 0.25) is 5.91 Å². The van der Waals surface area contributed by atoms with Gasteiger partial charge in [0.1, 0.15) is 8.07 Å². The van der Waals surface area contributed by atoms with Crippen molar-refractivity contribution in [3.63, 3.8) is 0 Å². The largest absolute Gasteiger partial charge is 0.379 e. The summed E-state index contributed by atoms with van der Waals surface area (Å²) < 4.78 is 5.36. The van der Waals surface area contributed by atoms with Gasteiger partial charge < -0.3 is 15.8 Å². The van der Waals surface area contributed by atoms with Crippen LogP contribution in [0.25, 0.3) is 0 Å². The molecule has 0 aromatic heterocycles. The molecule has 1 heterocycles. The van der Waals surface area contributed by atoms with Crippen LogP contribution in [0.4, 0.5) is 0 Å². The monoisotopic (exact) mass is 352 g/mol. The van der Waals surface area contributed by atoms with Crippen LogP contribution in [-0.2, 0) is 14.3 Å². The van der Waals surface area contributed by atoms with Crippen LogP contribution in [0.2, 0.25) is 16.6 Å². The maximum absolute atomic E-state index is 12.3. The second-order valence-corrected chi connectivity index (χ2v) is 13.2. The Morgan fingerprint density at radius 2 is 1.67 bits per heavy atom. The summed E-state index contributed by atoms with van der Waals surface area (Å²) in [7, 11) is -1.94. The Morgan fingerprint density at radius 1 is 1.12 bits per heavy atom. The number of primary amides is 1. The summed E-state index contributed by atoms with van der Waals surface area (Å²) in [5.41, 5.74) is 10.2. The van der Waals surface area contributed by atoms with Crippen molar-refractivity contribution in [3.8, 4) is 11.5 Å². The van der Waals surface area contributed by atoms with Gasteiger partial charge in [0.15, 0.2) is 0 Å². The molecule has 5 nitrogen and oxygen atoms in total. The van der Waals surface area contributed by atoms with Crippen molar-refractivity contribution >= 4 is 19.9 Å². The zero-order valence-corrected chi connectivity index (χ0v) is 16.8. The molecule has 1 aliphatic rings. The van der Waals surface area contributed by atoms with Crippen molar-refractivity contribution in [3.05, 3.63) is 0 Å². The third-order valence-corrected chi connectivity index (χ3v) is 11.6. The van der Waals surface area contributed by atoms with Gasteiger partial charge >= 0.3 is 0 Å². The number of carbonyl (C=O) groups excluding carboxylic acids is 2. The predicted octanol–water partition coefficient (Wildman–Crippen LogP) is 2.21. The molecule has 2 atom stereocenters. The molecule has 0 aromatic carbocycles. The van der Waals surface area contributed by atoms with E-state index < -0.39 is 14.0 Å². The smallest absolute Gasteiger partial charge is 0.295 e. The van der Waals surface area contributed by atoms with Crippen LogP contribution in [0.3, 0.4) is 0 Å². The van der Waals surface area contributed by atoms with Crippen molar-refractivity contribution in [2.24, 2.45) is 11.7 Å². The first kappa shape index (κ1) is 20.7. The number of amides is 2. The first-order chi connectivity index (χ1) is 11.1. The van der Waals surface area contributed by atoms with E-state index in [1.54, 1.807) is 0 Å². The molecule has 136 valence electrons. The highest BCUT2D eigenvalue weighted by molar-refractivity contribution is 6.90. The summed E-state index contributed by atoms with van der Waals surface area (Å²) in [5.74, 6) is 1.71. The molecule has 6 heteroatoms. The van der Waals surface area contributed by atoms with Crippen LogP contribution in [0, 0.1) is 17.4 Å². The van der Waals surface area contributed by atoms with E-state index in [1.165, 1.54) is 0 Å². The quantitative estimate of drug-likeness (QED) is 0.588. The van der Waals surface area contributed by atoms with E-state index in [1.807, 2.05) is 0 Å². The van der Waals surface area contributed by atoms with Gasteiger partial charge in [0, 0.05) is 6.61 Å². The lowest BCUT2D eigenvalue weighted by Gasteiger charge is -2.38. The van der Waals surface area contributed by atoms with Gasteiger partial charge in [-0.2, -0.15) is 0 Å². The average molecular weight is 353 g/mol. The van der Waals surface area contributed by atoms with Crippen LogP contribution in [-0.4, -0.2) is 39.1 Å². The van der Waals surface area contributed by atoms with E-state index in [0.29, 0.717) is 36.3 Å². The Kier molecular flexibility index (Phi) is 7.49. The Hall–Kier alpha value is -1.32. The second kappa shape index (κ2) is 8.68.